The Hall–Kier alpha value is -0.740. The van der Waals surface area contributed by atoms with Gasteiger partial charge in [0.2, 0.25) is 0 Å². The summed E-state index contributed by atoms with van der Waals surface area (Å²) in [5.74, 6) is -0.622. The minimum absolute atomic E-state index is 0.0251. The van der Waals surface area contributed by atoms with Crippen molar-refractivity contribution in [3.05, 3.63) is 10.7 Å². The van der Waals surface area contributed by atoms with E-state index in [9.17, 15) is 13.2 Å². The van der Waals surface area contributed by atoms with Crippen LogP contribution in [0.2, 0.25) is 4.47 Å². The fraction of sp³-hybridized carbons (Fsp3) is 0.600. The maximum Gasteiger partial charge on any atom is 0.321 e. The summed E-state index contributed by atoms with van der Waals surface area (Å²) >= 11 is 6.47. The van der Waals surface area contributed by atoms with Crippen molar-refractivity contribution in [1.82, 2.24) is 9.29 Å². The molecule has 1 rings (SSSR count). The SMILES string of the molecule is CCOC(=O)CN(CCOC)S(=O)(=O)c1cnc(Cl)s1. The zero-order valence-corrected chi connectivity index (χ0v) is 13.4. The van der Waals surface area contributed by atoms with E-state index in [0.29, 0.717) is 0 Å². The molecule has 0 aliphatic carbocycles. The summed E-state index contributed by atoms with van der Waals surface area (Å²) in [5.41, 5.74) is 0. The van der Waals surface area contributed by atoms with Crippen LogP contribution in [0.15, 0.2) is 10.4 Å². The minimum Gasteiger partial charge on any atom is -0.465 e. The van der Waals surface area contributed by atoms with Crippen molar-refractivity contribution in [2.75, 3.05) is 33.4 Å². The van der Waals surface area contributed by atoms with Gasteiger partial charge in [-0.3, -0.25) is 4.79 Å². The molecule has 1 heterocycles. The van der Waals surface area contributed by atoms with E-state index < -0.39 is 16.0 Å². The highest BCUT2D eigenvalue weighted by molar-refractivity contribution is 7.91. The summed E-state index contributed by atoms with van der Waals surface area (Å²) in [5, 5.41) is 0. The largest absolute Gasteiger partial charge is 0.465 e. The third kappa shape index (κ3) is 4.67. The molecule has 0 aliphatic heterocycles. The van der Waals surface area contributed by atoms with E-state index in [1.54, 1.807) is 6.92 Å². The van der Waals surface area contributed by atoms with E-state index in [1.165, 1.54) is 7.11 Å². The van der Waals surface area contributed by atoms with Crippen molar-refractivity contribution in [3.63, 3.8) is 0 Å². The Labute approximate surface area is 126 Å². The fourth-order valence-electron chi connectivity index (χ4n) is 1.31. The van der Waals surface area contributed by atoms with Crippen LogP contribution in [0.5, 0.6) is 0 Å². The Morgan fingerprint density at radius 3 is 2.75 bits per heavy atom. The summed E-state index contributed by atoms with van der Waals surface area (Å²) in [4.78, 5) is 15.2. The van der Waals surface area contributed by atoms with Gasteiger partial charge in [0.1, 0.15) is 6.54 Å². The van der Waals surface area contributed by atoms with Crippen molar-refractivity contribution in [2.24, 2.45) is 0 Å². The Morgan fingerprint density at radius 1 is 1.55 bits per heavy atom. The molecule has 0 fully saturated rings. The van der Waals surface area contributed by atoms with Crippen molar-refractivity contribution in [2.45, 2.75) is 11.1 Å². The highest BCUT2D eigenvalue weighted by Crippen LogP contribution is 2.25. The average Bonchev–Trinajstić information content (AvgIpc) is 2.82. The third-order valence-corrected chi connectivity index (χ3v) is 5.60. The molecule has 0 bridgehead atoms. The summed E-state index contributed by atoms with van der Waals surface area (Å²) in [6.45, 7) is 1.64. The topological polar surface area (TPSA) is 85.8 Å². The first-order valence-corrected chi connectivity index (χ1v) is 8.31. The molecule has 0 amide bonds. The maximum atomic E-state index is 12.4. The van der Waals surface area contributed by atoms with E-state index >= 15 is 0 Å². The number of nitrogens with zero attached hydrogens (tertiary/aromatic N) is 2. The second-order valence-corrected chi connectivity index (χ2v) is 7.35. The molecule has 0 spiro atoms. The zero-order valence-electron chi connectivity index (χ0n) is 11.0. The lowest BCUT2D eigenvalue weighted by molar-refractivity contribution is -0.143. The number of esters is 1. The third-order valence-electron chi connectivity index (χ3n) is 2.21. The number of hydrogen-bond donors (Lipinski definition) is 0. The monoisotopic (exact) mass is 342 g/mol. The molecule has 0 atom stereocenters. The van der Waals surface area contributed by atoms with Gasteiger partial charge in [0.15, 0.2) is 8.68 Å². The molecule has 0 radical (unpaired) electrons. The minimum atomic E-state index is -3.84. The number of hydrogen-bond acceptors (Lipinski definition) is 7. The van der Waals surface area contributed by atoms with E-state index in [-0.39, 0.29) is 35.0 Å². The molecule has 0 saturated carbocycles. The van der Waals surface area contributed by atoms with Gasteiger partial charge < -0.3 is 9.47 Å². The van der Waals surface area contributed by atoms with Gasteiger partial charge in [0.05, 0.1) is 19.4 Å². The van der Waals surface area contributed by atoms with Gasteiger partial charge >= 0.3 is 5.97 Å². The molecule has 1 aromatic rings. The van der Waals surface area contributed by atoms with Crippen LogP contribution in [0.1, 0.15) is 6.92 Å². The van der Waals surface area contributed by atoms with Crippen molar-refractivity contribution in [1.29, 1.82) is 0 Å². The Balaban J connectivity index is 2.93. The van der Waals surface area contributed by atoms with Crippen LogP contribution in [0.3, 0.4) is 0 Å². The summed E-state index contributed by atoms with van der Waals surface area (Å²) < 4.78 is 35.4. The summed E-state index contributed by atoms with van der Waals surface area (Å²) in [7, 11) is -2.40. The Kier molecular flexibility index (Phi) is 6.83. The Bertz CT molecular complexity index is 546. The van der Waals surface area contributed by atoms with Crippen molar-refractivity contribution >= 4 is 38.9 Å². The Morgan fingerprint density at radius 2 is 2.25 bits per heavy atom. The number of aromatic nitrogens is 1. The van der Waals surface area contributed by atoms with Crippen LogP contribution in [0, 0.1) is 0 Å². The molecule has 20 heavy (non-hydrogen) atoms. The molecule has 0 aliphatic rings. The second kappa shape index (κ2) is 7.89. The summed E-state index contributed by atoms with van der Waals surface area (Å²) in [6.07, 6.45) is 1.16. The van der Waals surface area contributed by atoms with Crippen LogP contribution in [-0.4, -0.2) is 57.1 Å². The van der Waals surface area contributed by atoms with Crippen LogP contribution in [0.4, 0.5) is 0 Å². The van der Waals surface area contributed by atoms with E-state index in [0.717, 1.165) is 21.8 Å². The van der Waals surface area contributed by atoms with E-state index in [4.69, 9.17) is 21.1 Å². The normalized spacial score (nSPS) is 11.8. The van der Waals surface area contributed by atoms with Crippen LogP contribution >= 0.6 is 22.9 Å². The average molecular weight is 343 g/mol. The van der Waals surface area contributed by atoms with Crippen LogP contribution < -0.4 is 0 Å². The van der Waals surface area contributed by atoms with Gasteiger partial charge in [-0.2, -0.15) is 4.31 Å². The lowest BCUT2D eigenvalue weighted by Crippen LogP contribution is -2.38. The molecular weight excluding hydrogens is 328 g/mol. The van der Waals surface area contributed by atoms with Crippen molar-refractivity contribution < 1.29 is 22.7 Å². The predicted octanol–water partition coefficient (Wildman–Crippen LogP) is 0.997. The van der Waals surface area contributed by atoms with Crippen LogP contribution in [0.25, 0.3) is 0 Å². The zero-order chi connectivity index (χ0) is 15.2. The molecule has 0 saturated heterocycles. The molecule has 10 heteroatoms. The number of sulfonamides is 1. The van der Waals surface area contributed by atoms with Gasteiger partial charge in [-0.05, 0) is 6.92 Å². The first-order valence-electron chi connectivity index (χ1n) is 5.67. The second-order valence-electron chi connectivity index (χ2n) is 3.57. The number of carbonyl (C=O) groups is 1. The maximum absolute atomic E-state index is 12.4. The van der Waals surface area contributed by atoms with Gasteiger partial charge in [0, 0.05) is 13.7 Å². The van der Waals surface area contributed by atoms with Gasteiger partial charge in [0.25, 0.3) is 10.0 Å². The molecular formula is C10H15ClN2O5S2. The first-order chi connectivity index (χ1) is 9.41. The molecule has 1 aromatic heterocycles. The smallest absolute Gasteiger partial charge is 0.321 e. The first kappa shape index (κ1) is 17.3. The summed E-state index contributed by atoms with van der Waals surface area (Å²) in [6, 6.07) is 0. The fourth-order valence-corrected chi connectivity index (χ4v) is 4.13. The van der Waals surface area contributed by atoms with Gasteiger partial charge in [-0.15, -0.1) is 0 Å². The lowest BCUT2D eigenvalue weighted by Gasteiger charge is -2.19. The molecule has 0 unspecified atom stereocenters. The number of carbonyl (C=O) groups excluding carboxylic acids is 1. The number of methoxy groups -OCH3 is 1. The molecule has 7 nitrogen and oxygen atoms in total. The predicted molar refractivity (Wildman–Crippen MR) is 74.4 cm³/mol. The van der Waals surface area contributed by atoms with E-state index in [2.05, 4.69) is 4.98 Å². The van der Waals surface area contributed by atoms with Crippen molar-refractivity contribution in [3.8, 4) is 0 Å². The quantitative estimate of drug-likeness (QED) is 0.655. The number of ether oxygens (including phenoxy) is 2. The lowest BCUT2D eigenvalue weighted by atomic mass is 10.6. The highest BCUT2D eigenvalue weighted by atomic mass is 35.5. The van der Waals surface area contributed by atoms with Crippen LogP contribution in [-0.2, 0) is 24.3 Å². The highest BCUT2D eigenvalue weighted by Gasteiger charge is 2.28. The molecule has 0 N–H and O–H groups in total. The molecule has 0 aromatic carbocycles. The number of thiazole rings is 1. The van der Waals surface area contributed by atoms with Gasteiger partial charge in [-0.1, -0.05) is 22.9 Å². The van der Waals surface area contributed by atoms with Gasteiger partial charge in [-0.25, -0.2) is 13.4 Å². The molecule has 114 valence electrons. The number of halogens is 1. The van der Waals surface area contributed by atoms with E-state index in [1.807, 2.05) is 0 Å². The number of rotatable bonds is 8. The standard InChI is InChI=1S/C10H15ClN2O5S2/c1-3-18-8(14)7-13(4-5-17-2)20(15,16)9-6-12-10(11)19-9/h6H,3-5,7H2,1-2H3.